The number of nitrogens with one attached hydrogen (secondary N) is 1. The molecule has 4 heteroatoms. The molecule has 1 aromatic heterocycles. The lowest BCUT2D eigenvalue weighted by Gasteiger charge is -2.27. The molecule has 1 aliphatic heterocycles. The van der Waals surface area contributed by atoms with E-state index in [0.29, 0.717) is 6.04 Å². The van der Waals surface area contributed by atoms with Crippen molar-refractivity contribution >= 4 is 22.6 Å². The lowest BCUT2D eigenvalue weighted by atomic mass is 10.1. The van der Waals surface area contributed by atoms with Crippen LogP contribution in [0.1, 0.15) is 6.42 Å². The summed E-state index contributed by atoms with van der Waals surface area (Å²) in [6.07, 6.45) is 4.78. The van der Waals surface area contributed by atoms with Gasteiger partial charge in [0.15, 0.2) is 0 Å². The Morgan fingerprint density at radius 3 is 3.08 bits per heavy atom. The molecule has 1 N–H and O–H groups in total. The Kier molecular flexibility index (Phi) is 3.00. The summed E-state index contributed by atoms with van der Waals surface area (Å²) in [4.78, 5) is 4.05. The van der Waals surface area contributed by atoms with E-state index in [1.165, 1.54) is 6.42 Å². The summed E-state index contributed by atoms with van der Waals surface area (Å²) in [5.41, 5.74) is 0. The maximum absolute atomic E-state index is 5.56. The first-order chi connectivity index (χ1) is 6.34. The van der Waals surface area contributed by atoms with Crippen LogP contribution in [0.3, 0.4) is 0 Å². The number of pyridine rings is 1. The minimum absolute atomic E-state index is 0.540. The summed E-state index contributed by atoms with van der Waals surface area (Å²) >= 11 is 2.23. The molecule has 13 heavy (non-hydrogen) atoms. The van der Waals surface area contributed by atoms with Crippen molar-refractivity contribution in [2.24, 2.45) is 0 Å². The van der Waals surface area contributed by atoms with Gasteiger partial charge in [0, 0.05) is 15.8 Å². The van der Waals surface area contributed by atoms with Crippen LogP contribution in [0.25, 0.3) is 0 Å². The lowest BCUT2D eigenvalue weighted by molar-refractivity contribution is 0.217. The van der Waals surface area contributed by atoms with E-state index in [2.05, 4.69) is 32.9 Å². The minimum Gasteiger partial charge on any atom is -0.490 e. The van der Waals surface area contributed by atoms with Gasteiger partial charge in [-0.3, -0.25) is 4.98 Å². The Balaban J connectivity index is 1.86. The first kappa shape index (κ1) is 9.21. The van der Waals surface area contributed by atoms with Crippen LogP contribution in [0.5, 0.6) is 5.75 Å². The Morgan fingerprint density at radius 2 is 2.46 bits per heavy atom. The van der Waals surface area contributed by atoms with Gasteiger partial charge >= 0.3 is 0 Å². The van der Waals surface area contributed by atoms with Crippen LogP contribution < -0.4 is 10.1 Å². The van der Waals surface area contributed by atoms with Crippen LogP contribution in [0.4, 0.5) is 0 Å². The van der Waals surface area contributed by atoms with E-state index in [0.717, 1.165) is 22.5 Å². The molecule has 1 fully saturated rings. The molecule has 2 rings (SSSR count). The zero-order chi connectivity index (χ0) is 9.10. The van der Waals surface area contributed by atoms with Gasteiger partial charge in [0.1, 0.15) is 12.4 Å². The summed E-state index contributed by atoms with van der Waals surface area (Å²) in [5.74, 6) is 0.862. The fraction of sp³-hybridized carbons (Fsp3) is 0.444. The standard InChI is InChI=1S/C9H11IN2O/c10-7-3-9(5-11-4-7)13-6-8-1-2-12-8/h3-5,8,12H,1-2,6H2/t8-/m1/s1. The van der Waals surface area contributed by atoms with Crippen molar-refractivity contribution in [1.82, 2.24) is 10.3 Å². The van der Waals surface area contributed by atoms with Crippen molar-refractivity contribution in [2.45, 2.75) is 12.5 Å². The average molecular weight is 290 g/mol. The predicted molar refractivity (Wildman–Crippen MR) is 58.9 cm³/mol. The molecular weight excluding hydrogens is 279 g/mol. The van der Waals surface area contributed by atoms with E-state index >= 15 is 0 Å². The summed E-state index contributed by atoms with van der Waals surface area (Å²) in [7, 11) is 0. The van der Waals surface area contributed by atoms with E-state index in [1.54, 1.807) is 6.20 Å². The van der Waals surface area contributed by atoms with Crippen molar-refractivity contribution in [1.29, 1.82) is 0 Å². The first-order valence-electron chi connectivity index (χ1n) is 4.31. The number of nitrogens with zero attached hydrogens (tertiary/aromatic N) is 1. The highest BCUT2D eigenvalue weighted by molar-refractivity contribution is 14.1. The average Bonchev–Trinajstić information content (AvgIpc) is 2.01. The first-order valence-corrected chi connectivity index (χ1v) is 5.39. The number of ether oxygens (including phenoxy) is 1. The van der Waals surface area contributed by atoms with Crippen molar-refractivity contribution < 1.29 is 4.74 Å². The molecule has 0 spiro atoms. The van der Waals surface area contributed by atoms with E-state index in [-0.39, 0.29) is 0 Å². The molecule has 0 amide bonds. The third-order valence-electron chi connectivity index (χ3n) is 2.06. The number of rotatable bonds is 3. The second-order valence-corrected chi connectivity index (χ2v) is 4.34. The van der Waals surface area contributed by atoms with Crippen LogP contribution in [-0.4, -0.2) is 24.2 Å². The van der Waals surface area contributed by atoms with Gasteiger partial charge in [0.05, 0.1) is 6.20 Å². The molecule has 1 saturated heterocycles. The van der Waals surface area contributed by atoms with Crippen LogP contribution in [-0.2, 0) is 0 Å². The summed E-state index contributed by atoms with van der Waals surface area (Å²) in [5, 5.41) is 3.28. The normalized spacial score (nSPS) is 20.8. The summed E-state index contributed by atoms with van der Waals surface area (Å²) in [6, 6.07) is 2.53. The molecular formula is C9H11IN2O. The van der Waals surface area contributed by atoms with Gasteiger partial charge in [-0.25, -0.2) is 0 Å². The Labute approximate surface area is 91.0 Å². The maximum atomic E-state index is 5.56. The molecule has 0 saturated carbocycles. The second-order valence-electron chi connectivity index (χ2n) is 3.09. The number of hydrogen-bond donors (Lipinski definition) is 1. The molecule has 0 unspecified atom stereocenters. The molecule has 0 bridgehead atoms. The third kappa shape index (κ3) is 2.54. The van der Waals surface area contributed by atoms with Gasteiger partial charge in [-0.15, -0.1) is 0 Å². The molecule has 0 aliphatic carbocycles. The van der Waals surface area contributed by atoms with Crippen molar-refractivity contribution in [2.75, 3.05) is 13.2 Å². The van der Waals surface area contributed by atoms with Gasteiger partial charge < -0.3 is 10.1 Å². The number of hydrogen-bond acceptors (Lipinski definition) is 3. The molecule has 1 aromatic rings. The quantitative estimate of drug-likeness (QED) is 0.855. The molecule has 0 aromatic carbocycles. The SMILES string of the molecule is Ic1cncc(OC[C@H]2CCN2)c1. The van der Waals surface area contributed by atoms with Crippen LogP contribution in [0.15, 0.2) is 18.5 Å². The smallest absolute Gasteiger partial charge is 0.138 e. The van der Waals surface area contributed by atoms with Crippen molar-refractivity contribution in [3.8, 4) is 5.75 Å². The highest BCUT2D eigenvalue weighted by Gasteiger charge is 2.16. The van der Waals surface area contributed by atoms with E-state index in [4.69, 9.17) is 4.74 Å². The lowest BCUT2D eigenvalue weighted by Crippen LogP contribution is -2.46. The molecule has 0 radical (unpaired) electrons. The van der Waals surface area contributed by atoms with Gasteiger partial charge in [-0.1, -0.05) is 0 Å². The van der Waals surface area contributed by atoms with Crippen molar-refractivity contribution in [3.05, 3.63) is 22.0 Å². The van der Waals surface area contributed by atoms with E-state index < -0.39 is 0 Å². The number of aromatic nitrogens is 1. The Hall–Kier alpha value is -0.360. The van der Waals surface area contributed by atoms with Gasteiger partial charge in [0.25, 0.3) is 0 Å². The Bertz CT molecular complexity index is 289. The highest BCUT2D eigenvalue weighted by Crippen LogP contribution is 2.14. The number of halogens is 1. The zero-order valence-corrected chi connectivity index (χ0v) is 9.32. The molecule has 1 atom stereocenters. The molecule has 3 nitrogen and oxygen atoms in total. The van der Waals surface area contributed by atoms with Gasteiger partial charge in [-0.05, 0) is 41.6 Å². The van der Waals surface area contributed by atoms with E-state index in [9.17, 15) is 0 Å². The molecule has 70 valence electrons. The predicted octanol–water partition coefficient (Wildman–Crippen LogP) is 1.43. The topological polar surface area (TPSA) is 34.1 Å². The van der Waals surface area contributed by atoms with Crippen molar-refractivity contribution in [3.63, 3.8) is 0 Å². The minimum atomic E-state index is 0.540. The Morgan fingerprint density at radius 1 is 1.62 bits per heavy atom. The van der Waals surface area contributed by atoms with Crippen LogP contribution in [0, 0.1) is 3.57 Å². The fourth-order valence-electron chi connectivity index (χ4n) is 1.16. The summed E-state index contributed by atoms with van der Waals surface area (Å²) in [6.45, 7) is 1.88. The highest BCUT2D eigenvalue weighted by atomic mass is 127. The third-order valence-corrected chi connectivity index (χ3v) is 2.65. The van der Waals surface area contributed by atoms with E-state index in [1.807, 2.05) is 12.3 Å². The summed E-state index contributed by atoms with van der Waals surface area (Å²) < 4.78 is 6.67. The zero-order valence-electron chi connectivity index (χ0n) is 7.16. The van der Waals surface area contributed by atoms with Crippen LogP contribution in [0.2, 0.25) is 0 Å². The second kappa shape index (κ2) is 4.23. The molecule has 2 heterocycles. The van der Waals surface area contributed by atoms with Gasteiger partial charge in [0.2, 0.25) is 0 Å². The molecule has 1 aliphatic rings. The largest absolute Gasteiger partial charge is 0.490 e. The monoisotopic (exact) mass is 290 g/mol. The van der Waals surface area contributed by atoms with Crippen LogP contribution >= 0.6 is 22.6 Å². The fourth-order valence-corrected chi connectivity index (χ4v) is 1.63. The maximum Gasteiger partial charge on any atom is 0.138 e. The van der Waals surface area contributed by atoms with Gasteiger partial charge in [-0.2, -0.15) is 0 Å².